The zero-order valence-electron chi connectivity index (χ0n) is 15.9. The van der Waals surface area contributed by atoms with E-state index in [-0.39, 0.29) is 11.6 Å². The fourth-order valence-electron chi connectivity index (χ4n) is 3.41. The van der Waals surface area contributed by atoms with E-state index in [1.807, 2.05) is 31.2 Å². The highest BCUT2D eigenvalue weighted by Crippen LogP contribution is 2.35. The van der Waals surface area contributed by atoms with Gasteiger partial charge in [0, 0.05) is 17.1 Å². The second-order valence-corrected chi connectivity index (χ2v) is 6.60. The van der Waals surface area contributed by atoms with Crippen molar-refractivity contribution in [1.29, 1.82) is 0 Å². The molecule has 1 aromatic heterocycles. The number of hydrogen-bond donors (Lipinski definition) is 1. The van der Waals surface area contributed by atoms with E-state index in [2.05, 4.69) is 5.32 Å². The topological polar surface area (TPSA) is 34.0 Å². The van der Waals surface area contributed by atoms with Gasteiger partial charge in [-0.25, -0.2) is 0 Å². The smallest absolute Gasteiger partial charge is 0.322 e. The summed E-state index contributed by atoms with van der Waals surface area (Å²) in [6.45, 7) is 5.34. The highest BCUT2D eigenvalue weighted by Gasteiger charge is 2.34. The Bertz CT molecular complexity index is 1020. The molecule has 0 saturated carbocycles. The minimum absolute atomic E-state index is 0.0120. The van der Waals surface area contributed by atoms with Gasteiger partial charge in [-0.3, -0.25) is 4.79 Å². The maximum absolute atomic E-state index is 13.4. The van der Waals surface area contributed by atoms with Crippen LogP contribution in [-0.2, 0) is 12.6 Å². The van der Waals surface area contributed by atoms with Gasteiger partial charge in [0.2, 0.25) is 0 Å². The zero-order chi connectivity index (χ0) is 20.5. The second kappa shape index (κ2) is 7.54. The van der Waals surface area contributed by atoms with Crippen LogP contribution in [0.3, 0.4) is 0 Å². The first-order chi connectivity index (χ1) is 13.2. The number of benzene rings is 2. The quantitative estimate of drug-likeness (QED) is 0.593. The average molecular weight is 386 g/mol. The number of hydrogen-bond acceptors (Lipinski definition) is 1. The van der Waals surface area contributed by atoms with Crippen molar-refractivity contribution in [3.8, 4) is 5.69 Å². The number of alkyl halides is 3. The molecule has 0 spiro atoms. The van der Waals surface area contributed by atoms with E-state index in [0.717, 1.165) is 18.1 Å². The van der Waals surface area contributed by atoms with Crippen molar-refractivity contribution >= 4 is 11.6 Å². The van der Waals surface area contributed by atoms with E-state index in [9.17, 15) is 18.0 Å². The van der Waals surface area contributed by atoms with E-state index < -0.39 is 11.7 Å². The number of nitrogens with one attached hydrogen (secondary N) is 1. The highest BCUT2D eigenvalue weighted by molar-refractivity contribution is 6.05. The lowest BCUT2D eigenvalue weighted by atomic mass is 10.1. The van der Waals surface area contributed by atoms with Crippen LogP contribution < -0.4 is 5.32 Å². The normalized spacial score (nSPS) is 11.5. The molecule has 146 valence electrons. The summed E-state index contributed by atoms with van der Waals surface area (Å²) in [7, 11) is 0. The summed E-state index contributed by atoms with van der Waals surface area (Å²) < 4.78 is 41.8. The molecule has 28 heavy (non-hydrogen) atoms. The van der Waals surface area contributed by atoms with Crippen LogP contribution in [0, 0.1) is 13.8 Å². The fourth-order valence-corrected chi connectivity index (χ4v) is 3.41. The number of rotatable bonds is 4. The second-order valence-electron chi connectivity index (χ2n) is 6.60. The molecule has 0 aliphatic heterocycles. The van der Waals surface area contributed by atoms with Gasteiger partial charge in [-0.15, -0.1) is 0 Å². The molecule has 3 rings (SSSR count). The Kier molecular flexibility index (Phi) is 5.31. The lowest BCUT2D eigenvalue weighted by Crippen LogP contribution is -2.15. The third kappa shape index (κ3) is 3.67. The van der Waals surface area contributed by atoms with Gasteiger partial charge in [-0.05, 0) is 50.1 Å². The molecule has 1 N–H and O–H groups in total. The first-order valence-corrected chi connectivity index (χ1v) is 8.98. The van der Waals surface area contributed by atoms with Crippen molar-refractivity contribution in [2.75, 3.05) is 5.32 Å². The molecule has 0 aliphatic rings. The molecule has 0 saturated heterocycles. The van der Waals surface area contributed by atoms with Crippen molar-refractivity contribution in [2.45, 2.75) is 33.4 Å². The molecule has 0 aliphatic carbocycles. The first kappa shape index (κ1) is 19.7. The maximum Gasteiger partial charge on any atom is 0.418 e. The summed E-state index contributed by atoms with van der Waals surface area (Å²) in [6, 6.07) is 14.5. The Morgan fingerprint density at radius 1 is 1.04 bits per heavy atom. The molecule has 0 radical (unpaired) electrons. The molecular weight excluding hydrogens is 365 g/mol. The lowest BCUT2D eigenvalue weighted by Gasteiger charge is -2.17. The first-order valence-electron chi connectivity index (χ1n) is 8.98. The van der Waals surface area contributed by atoms with Crippen LogP contribution in [-0.4, -0.2) is 10.5 Å². The minimum atomic E-state index is -4.48. The van der Waals surface area contributed by atoms with Crippen LogP contribution in [0.2, 0.25) is 0 Å². The summed E-state index contributed by atoms with van der Waals surface area (Å²) in [4.78, 5) is 12.8. The molecule has 2 aromatic carbocycles. The summed E-state index contributed by atoms with van der Waals surface area (Å²) in [5.74, 6) is -0.343. The van der Waals surface area contributed by atoms with Gasteiger partial charge >= 0.3 is 6.18 Å². The number of carbonyl (C=O) groups is 1. The minimum Gasteiger partial charge on any atom is -0.322 e. The third-order valence-electron chi connectivity index (χ3n) is 4.77. The van der Waals surface area contributed by atoms with Crippen LogP contribution in [0.25, 0.3) is 5.69 Å². The van der Waals surface area contributed by atoms with E-state index in [0.29, 0.717) is 22.6 Å². The monoisotopic (exact) mass is 386 g/mol. The fraction of sp³-hybridized carbons (Fsp3) is 0.227. The van der Waals surface area contributed by atoms with Gasteiger partial charge in [0.1, 0.15) is 0 Å². The molecule has 3 aromatic rings. The lowest BCUT2D eigenvalue weighted by molar-refractivity contribution is -0.137. The van der Waals surface area contributed by atoms with E-state index >= 15 is 0 Å². The molecule has 6 heteroatoms. The molecule has 0 fully saturated rings. The van der Waals surface area contributed by atoms with Gasteiger partial charge in [0.15, 0.2) is 0 Å². The summed E-state index contributed by atoms with van der Waals surface area (Å²) in [5.41, 5.74) is 2.34. The Balaban J connectivity index is 2.03. The number of amides is 1. The number of aromatic nitrogens is 1. The number of para-hydroxylation sites is 2. The predicted octanol–water partition coefficient (Wildman–Crippen LogP) is 5.93. The van der Waals surface area contributed by atoms with Crippen molar-refractivity contribution in [3.05, 3.63) is 82.7 Å². The van der Waals surface area contributed by atoms with Gasteiger partial charge in [0.25, 0.3) is 5.91 Å². The third-order valence-corrected chi connectivity index (χ3v) is 4.77. The van der Waals surface area contributed by atoms with Gasteiger partial charge in [0.05, 0.1) is 16.8 Å². The van der Waals surface area contributed by atoms with Crippen molar-refractivity contribution in [1.82, 2.24) is 4.57 Å². The van der Waals surface area contributed by atoms with E-state index in [4.69, 9.17) is 0 Å². The molecule has 0 atom stereocenters. The van der Waals surface area contributed by atoms with Crippen LogP contribution in [0.4, 0.5) is 18.9 Å². The standard InChI is InChI=1S/C22H21F3N2O/c1-4-16-9-5-7-11-19(16)26-21(28)17-13-14(2)27(15(17)3)20-12-8-6-10-18(20)22(23,24)25/h5-13H,4H2,1-3H3,(H,26,28). The van der Waals surface area contributed by atoms with Crippen molar-refractivity contribution in [3.63, 3.8) is 0 Å². The summed E-state index contributed by atoms with van der Waals surface area (Å²) in [5, 5.41) is 2.88. The van der Waals surface area contributed by atoms with E-state index in [1.54, 1.807) is 26.0 Å². The van der Waals surface area contributed by atoms with Gasteiger partial charge < -0.3 is 9.88 Å². The highest BCUT2D eigenvalue weighted by atomic mass is 19.4. The molecule has 0 unspecified atom stereocenters. The van der Waals surface area contributed by atoms with E-state index in [1.165, 1.54) is 16.7 Å². The SMILES string of the molecule is CCc1ccccc1NC(=O)c1cc(C)n(-c2ccccc2C(F)(F)F)c1C. The largest absolute Gasteiger partial charge is 0.418 e. The van der Waals surface area contributed by atoms with Crippen LogP contribution in [0.5, 0.6) is 0 Å². The van der Waals surface area contributed by atoms with Crippen LogP contribution >= 0.6 is 0 Å². The van der Waals surface area contributed by atoms with Gasteiger partial charge in [-0.1, -0.05) is 37.3 Å². The number of anilines is 1. The number of carbonyl (C=O) groups excluding carboxylic acids is 1. The summed E-state index contributed by atoms with van der Waals surface area (Å²) >= 11 is 0. The van der Waals surface area contributed by atoms with Crippen molar-refractivity contribution in [2.24, 2.45) is 0 Å². The van der Waals surface area contributed by atoms with Gasteiger partial charge in [-0.2, -0.15) is 13.2 Å². The Hall–Kier alpha value is -3.02. The Labute approximate surface area is 161 Å². The molecular formula is C22H21F3N2O. The Morgan fingerprint density at radius 3 is 2.36 bits per heavy atom. The number of aryl methyl sites for hydroxylation is 2. The molecule has 1 heterocycles. The maximum atomic E-state index is 13.4. The number of nitrogens with zero attached hydrogens (tertiary/aromatic N) is 1. The predicted molar refractivity (Wildman–Crippen MR) is 104 cm³/mol. The van der Waals surface area contributed by atoms with Crippen LogP contribution in [0.1, 0.15) is 39.8 Å². The van der Waals surface area contributed by atoms with Crippen molar-refractivity contribution < 1.29 is 18.0 Å². The average Bonchev–Trinajstić information content (AvgIpc) is 2.95. The zero-order valence-corrected chi connectivity index (χ0v) is 15.9. The summed E-state index contributed by atoms with van der Waals surface area (Å²) in [6.07, 6.45) is -3.73. The Morgan fingerprint density at radius 2 is 1.68 bits per heavy atom. The van der Waals surface area contributed by atoms with Crippen LogP contribution in [0.15, 0.2) is 54.6 Å². The molecule has 0 bridgehead atoms. The molecule has 3 nitrogen and oxygen atoms in total. The molecule has 1 amide bonds. The number of halogens is 3.